The molecule has 3 aromatic rings. The minimum atomic E-state index is -0.762. The van der Waals surface area contributed by atoms with Gasteiger partial charge in [0, 0.05) is 18.2 Å². The van der Waals surface area contributed by atoms with Crippen molar-refractivity contribution in [3.63, 3.8) is 0 Å². The number of nitro groups is 2. The van der Waals surface area contributed by atoms with Gasteiger partial charge in [-0.1, -0.05) is 29.8 Å². The molecule has 0 aliphatic carbocycles. The van der Waals surface area contributed by atoms with Crippen LogP contribution in [-0.2, 0) is 9.59 Å². The number of halogens is 1. The number of hydrogen-bond acceptors (Lipinski definition) is 8. The first kappa shape index (κ1) is 22.4. The van der Waals surface area contributed by atoms with Gasteiger partial charge in [0.2, 0.25) is 11.6 Å². The maximum absolute atomic E-state index is 12.7. The van der Waals surface area contributed by atoms with Crippen molar-refractivity contribution in [3.05, 3.63) is 97.2 Å². The number of hydrogen-bond donors (Lipinski definition) is 1. The second kappa shape index (κ2) is 8.96. The van der Waals surface area contributed by atoms with Crippen LogP contribution in [0.3, 0.4) is 0 Å². The van der Waals surface area contributed by atoms with Crippen LogP contribution in [0.5, 0.6) is 11.6 Å². The van der Waals surface area contributed by atoms with Crippen molar-refractivity contribution in [1.82, 2.24) is 10.4 Å². The van der Waals surface area contributed by atoms with Crippen LogP contribution in [0, 0.1) is 20.2 Å². The van der Waals surface area contributed by atoms with Crippen molar-refractivity contribution >= 4 is 46.6 Å². The Hall–Kier alpha value is -4.84. The summed E-state index contributed by atoms with van der Waals surface area (Å²) in [5.74, 6) is -1.86. The fourth-order valence-electron chi connectivity index (χ4n) is 3.05. The number of ether oxygens (including phenoxy) is 1. The summed E-state index contributed by atoms with van der Waals surface area (Å²) in [7, 11) is 0. The van der Waals surface area contributed by atoms with Gasteiger partial charge in [0.15, 0.2) is 0 Å². The molecule has 1 aliphatic rings. The first-order chi connectivity index (χ1) is 16.2. The van der Waals surface area contributed by atoms with Crippen LogP contribution < -0.4 is 15.2 Å². The number of para-hydroxylation sites is 1. The average molecular weight is 482 g/mol. The molecule has 1 N–H and O–H groups in total. The molecule has 1 aromatic heterocycles. The van der Waals surface area contributed by atoms with Crippen LogP contribution in [0.1, 0.15) is 5.56 Å². The van der Waals surface area contributed by atoms with E-state index in [0.717, 1.165) is 29.4 Å². The van der Waals surface area contributed by atoms with E-state index in [4.69, 9.17) is 16.3 Å². The van der Waals surface area contributed by atoms with Gasteiger partial charge >= 0.3 is 5.69 Å². The monoisotopic (exact) mass is 481 g/mol. The van der Waals surface area contributed by atoms with Crippen molar-refractivity contribution in [2.45, 2.75) is 0 Å². The van der Waals surface area contributed by atoms with Crippen molar-refractivity contribution in [2.24, 2.45) is 0 Å². The summed E-state index contributed by atoms with van der Waals surface area (Å²) in [6, 6.07) is 13.0. The molecule has 0 spiro atoms. The highest BCUT2D eigenvalue weighted by Crippen LogP contribution is 2.39. The summed E-state index contributed by atoms with van der Waals surface area (Å²) >= 11 is 6.20. The molecule has 1 aliphatic heterocycles. The normalized spacial score (nSPS) is 14.3. The molecule has 170 valence electrons. The Kier molecular flexibility index (Phi) is 5.89. The Bertz CT molecular complexity index is 1360. The van der Waals surface area contributed by atoms with E-state index < -0.39 is 27.3 Å². The lowest BCUT2D eigenvalue weighted by atomic mass is 10.1. The fourth-order valence-corrected chi connectivity index (χ4v) is 3.31. The zero-order chi connectivity index (χ0) is 24.4. The Morgan fingerprint density at radius 3 is 2.38 bits per heavy atom. The molecule has 1 saturated heterocycles. The van der Waals surface area contributed by atoms with E-state index in [9.17, 15) is 29.8 Å². The standard InChI is InChI=1S/C21H12ClN5O7/c22-16-9-12(8-15-20(28)24-25(21(15)29)13-4-2-1-3-5-13)10-17(27(32)33)19(16)34-18-7-6-14(11-23-18)26(30)31/h1-11H,(H,24,28)/b15-8-. The molecular weight excluding hydrogens is 470 g/mol. The first-order valence-corrected chi connectivity index (χ1v) is 9.81. The highest BCUT2D eigenvalue weighted by molar-refractivity contribution is 6.33. The number of aromatic nitrogens is 1. The quantitative estimate of drug-likeness (QED) is 0.241. The molecule has 0 saturated carbocycles. The number of nitro benzene ring substituents is 1. The van der Waals surface area contributed by atoms with E-state index in [1.54, 1.807) is 30.3 Å². The average Bonchev–Trinajstić information content (AvgIpc) is 3.09. The van der Waals surface area contributed by atoms with Gasteiger partial charge in [-0.05, 0) is 29.8 Å². The Morgan fingerprint density at radius 2 is 1.76 bits per heavy atom. The van der Waals surface area contributed by atoms with Crippen LogP contribution in [0.4, 0.5) is 17.1 Å². The number of carbonyl (C=O) groups excluding carboxylic acids is 2. The Morgan fingerprint density at radius 1 is 1.03 bits per heavy atom. The van der Waals surface area contributed by atoms with Crippen molar-refractivity contribution in [3.8, 4) is 11.6 Å². The van der Waals surface area contributed by atoms with Crippen LogP contribution in [0.15, 0.2) is 66.4 Å². The lowest BCUT2D eigenvalue weighted by Gasteiger charge is -2.13. The van der Waals surface area contributed by atoms with Crippen LogP contribution in [0.2, 0.25) is 5.02 Å². The van der Waals surface area contributed by atoms with Crippen LogP contribution in [0.25, 0.3) is 6.08 Å². The number of benzene rings is 2. The molecule has 34 heavy (non-hydrogen) atoms. The predicted octanol–water partition coefficient (Wildman–Crippen LogP) is 3.81. The smallest absolute Gasteiger partial charge is 0.313 e. The van der Waals surface area contributed by atoms with Crippen molar-refractivity contribution in [2.75, 3.05) is 5.01 Å². The van der Waals surface area contributed by atoms with Gasteiger partial charge in [-0.3, -0.25) is 35.2 Å². The van der Waals surface area contributed by atoms with E-state index >= 15 is 0 Å². The van der Waals surface area contributed by atoms with Crippen LogP contribution >= 0.6 is 11.6 Å². The lowest BCUT2D eigenvalue weighted by molar-refractivity contribution is -0.385. The van der Waals surface area contributed by atoms with E-state index in [0.29, 0.717) is 5.69 Å². The third-order valence-corrected chi connectivity index (χ3v) is 4.88. The molecule has 1 fully saturated rings. The van der Waals surface area contributed by atoms with Crippen LogP contribution in [-0.4, -0.2) is 26.6 Å². The van der Waals surface area contributed by atoms with Gasteiger partial charge in [0.05, 0.1) is 20.6 Å². The van der Waals surface area contributed by atoms with E-state index in [1.807, 2.05) is 0 Å². The Balaban J connectivity index is 1.67. The molecule has 2 amide bonds. The largest absolute Gasteiger partial charge is 0.430 e. The number of pyridine rings is 1. The summed E-state index contributed by atoms with van der Waals surface area (Å²) in [5, 5.41) is 23.2. The molecule has 0 atom stereocenters. The highest BCUT2D eigenvalue weighted by atomic mass is 35.5. The Labute approximate surface area is 195 Å². The third kappa shape index (κ3) is 4.38. The lowest BCUT2D eigenvalue weighted by Crippen LogP contribution is -2.35. The summed E-state index contributed by atoms with van der Waals surface area (Å²) < 4.78 is 5.40. The van der Waals surface area contributed by atoms with E-state index in [2.05, 4.69) is 10.4 Å². The highest BCUT2D eigenvalue weighted by Gasteiger charge is 2.34. The van der Waals surface area contributed by atoms with E-state index in [1.165, 1.54) is 12.1 Å². The maximum Gasteiger partial charge on any atom is 0.313 e. The number of anilines is 1. The number of carbonyl (C=O) groups is 2. The molecule has 12 nitrogen and oxygen atoms in total. The number of amides is 2. The van der Waals surface area contributed by atoms with Gasteiger partial charge in [0.25, 0.3) is 17.5 Å². The molecule has 13 heteroatoms. The maximum atomic E-state index is 12.7. The summed E-state index contributed by atoms with van der Waals surface area (Å²) in [6.07, 6.45) is 2.10. The third-order valence-electron chi connectivity index (χ3n) is 4.60. The SMILES string of the molecule is O=C1NN(c2ccccc2)C(=O)/C1=C\c1cc(Cl)c(Oc2ccc([N+](=O)[O-])cn2)c([N+](=O)[O-])c1. The molecule has 0 radical (unpaired) electrons. The second-order valence-electron chi connectivity index (χ2n) is 6.80. The van der Waals surface area contributed by atoms with E-state index in [-0.39, 0.29) is 33.5 Å². The minimum Gasteiger partial charge on any atom is -0.430 e. The van der Waals surface area contributed by atoms with Gasteiger partial charge in [-0.2, -0.15) is 0 Å². The number of rotatable bonds is 6. The van der Waals surface area contributed by atoms with Gasteiger partial charge < -0.3 is 4.74 Å². The van der Waals surface area contributed by atoms with Crippen molar-refractivity contribution in [1.29, 1.82) is 0 Å². The first-order valence-electron chi connectivity index (χ1n) is 9.43. The molecule has 0 bridgehead atoms. The molecule has 2 aromatic carbocycles. The number of nitrogens with one attached hydrogen (secondary N) is 1. The zero-order valence-electron chi connectivity index (χ0n) is 16.9. The number of hydrazine groups is 1. The zero-order valence-corrected chi connectivity index (χ0v) is 17.6. The number of nitrogens with zero attached hydrogens (tertiary/aromatic N) is 4. The molecule has 2 heterocycles. The predicted molar refractivity (Wildman–Crippen MR) is 119 cm³/mol. The molecular formula is C21H12ClN5O7. The van der Waals surface area contributed by atoms with Crippen molar-refractivity contribution < 1.29 is 24.2 Å². The topological polar surface area (TPSA) is 158 Å². The molecule has 0 unspecified atom stereocenters. The summed E-state index contributed by atoms with van der Waals surface area (Å²) in [5.41, 5.74) is 1.86. The van der Waals surface area contributed by atoms with Gasteiger partial charge in [-0.25, -0.2) is 9.99 Å². The second-order valence-corrected chi connectivity index (χ2v) is 7.20. The molecule has 4 rings (SSSR count). The summed E-state index contributed by atoms with van der Waals surface area (Å²) in [4.78, 5) is 49.8. The minimum absolute atomic E-state index is 0.106. The summed E-state index contributed by atoms with van der Waals surface area (Å²) in [6.45, 7) is 0. The fraction of sp³-hybridized carbons (Fsp3) is 0. The van der Waals surface area contributed by atoms with Gasteiger partial charge in [-0.15, -0.1) is 0 Å². The van der Waals surface area contributed by atoms with Gasteiger partial charge in [0.1, 0.15) is 11.8 Å².